The van der Waals surface area contributed by atoms with Crippen LogP contribution >= 0.6 is 0 Å². The Hall–Kier alpha value is -1.08. The molecule has 0 aromatic heterocycles. The van der Waals surface area contributed by atoms with Gasteiger partial charge in [0.05, 0.1) is 0 Å². The van der Waals surface area contributed by atoms with E-state index in [1.807, 2.05) is 0 Å². The van der Waals surface area contributed by atoms with Gasteiger partial charge in [0.25, 0.3) is 0 Å². The Morgan fingerprint density at radius 2 is 1.87 bits per heavy atom. The molecule has 2 rings (SSSR count). The van der Waals surface area contributed by atoms with E-state index in [0.29, 0.717) is 12.0 Å². The number of hydrogen-bond donors (Lipinski definition) is 0. The average molecular weight is 201 g/mol. The van der Waals surface area contributed by atoms with Crippen molar-refractivity contribution >= 4 is 5.57 Å². The summed E-state index contributed by atoms with van der Waals surface area (Å²) in [4.78, 5) is 2.42. The van der Waals surface area contributed by atoms with Gasteiger partial charge in [-0.15, -0.1) is 0 Å². The Morgan fingerprint density at radius 1 is 1.20 bits per heavy atom. The topological polar surface area (TPSA) is 3.24 Å². The van der Waals surface area contributed by atoms with Crippen LogP contribution < -0.4 is 0 Å². The summed E-state index contributed by atoms with van der Waals surface area (Å²) in [6, 6.07) is 11.3. The highest BCUT2D eigenvalue weighted by molar-refractivity contribution is 5.69. The summed E-state index contributed by atoms with van der Waals surface area (Å²) in [6.45, 7) is 5.64. The summed E-state index contributed by atoms with van der Waals surface area (Å²) in [5, 5.41) is 0. The van der Waals surface area contributed by atoms with Crippen LogP contribution in [0.2, 0.25) is 0 Å². The Balaban J connectivity index is 2.23. The normalized spacial score (nSPS) is 22.1. The fourth-order valence-corrected chi connectivity index (χ4v) is 2.30. The summed E-state index contributed by atoms with van der Waals surface area (Å²) < 4.78 is 0. The summed E-state index contributed by atoms with van der Waals surface area (Å²) >= 11 is 0. The molecule has 0 bridgehead atoms. The highest BCUT2D eigenvalue weighted by atomic mass is 15.1. The quantitative estimate of drug-likeness (QED) is 0.711. The van der Waals surface area contributed by atoms with Crippen LogP contribution in [0.15, 0.2) is 36.4 Å². The highest BCUT2D eigenvalue weighted by Crippen LogP contribution is 2.27. The molecule has 0 radical (unpaired) electrons. The number of nitrogens with zero attached hydrogens (tertiary/aromatic N) is 1. The second kappa shape index (κ2) is 4.19. The molecule has 1 nitrogen and oxygen atoms in total. The zero-order valence-corrected chi connectivity index (χ0v) is 9.77. The molecule has 1 unspecified atom stereocenters. The van der Waals surface area contributed by atoms with Crippen LogP contribution in [0.4, 0.5) is 0 Å². The molecule has 80 valence electrons. The molecule has 0 N–H and O–H groups in total. The molecule has 0 fully saturated rings. The summed E-state index contributed by atoms with van der Waals surface area (Å²) in [5.41, 5.74) is 2.84. The van der Waals surface area contributed by atoms with E-state index < -0.39 is 0 Å². The molecular weight excluding hydrogens is 182 g/mol. The lowest BCUT2D eigenvalue weighted by atomic mass is 10.0. The van der Waals surface area contributed by atoms with Crippen LogP contribution in [0.25, 0.3) is 5.57 Å². The number of likely N-dealkylation sites (N-methyl/N-ethyl adjacent to an activating group) is 1. The maximum absolute atomic E-state index is 2.42. The molecule has 0 amide bonds. The second-order valence-electron chi connectivity index (χ2n) is 4.71. The zero-order valence-electron chi connectivity index (χ0n) is 9.77. The van der Waals surface area contributed by atoms with Crippen molar-refractivity contribution in [2.24, 2.45) is 5.92 Å². The minimum absolute atomic E-state index is 0.597. The molecule has 1 aliphatic heterocycles. The van der Waals surface area contributed by atoms with Gasteiger partial charge >= 0.3 is 0 Å². The first-order valence-electron chi connectivity index (χ1n) is 5.65. The van der Waals surface area contributed by atoms with Gasteiger partial charge in [0.2, 0.25) is 0 Å². The van der Waals surface area contributed by atoms with Crippen molar-refractivity contribution in [3.8, 4) is 0 Å². The molecule has 1 aromatic carbocycles. The molecule has 1 aromatic rings. The average Bonchev–Trinajstić information content (AvgIpc) is 2.62. The smallest absolute Gasteiger partial charge is 0.0308 e. The van der Waals surface area contributed by atoms with Gasteiger partial charge in [-0.1, -0.05) is 50.3 Å². The lowest BCUT2D eigenvalue weighted by molar-refractivity contribution is 0.276. The molecule has 1 atom stereocenters. The molecule has 1 heterocycles. The summed E-state index contributed by atoms with van der Waals surface area (Å²) in [7, 11) is 2.21. The van der Waals surface area contributed by atoms with E-state index in [-0.39, 0.29) is 0 Å². The Labute approximate surface area is 92.4 Å². The van der Waals surface area contributed by atoms with Crippen molar-refractivity contribution in [3.05, 3.63) is 42.0 Å². The minimum Gasteiger partial charge on any atom is -0.295 e. The molecule has 0 saturated carbocycles. The van der Waals surface area contributed by atoms with Crippen LogP contribution in [0.1, 0.15) is 19.4 Å². The van der Waals surface area contributed by atoms with Gasteiger partial charge < -0.3 is 0 Å². The van der Waals surface area contributed by atoms with Crippen LogP contribution in [0.3, 0.4) is 0 Å². The summed E-state index contributed by atoms with van der Waals surface area (Å²) in [5.74, 6) is 0.691. The predicted molar refractivity (Wildman–Crippen MR) is 65.7 cm³/mol. The van der Waals surface area contributed by atoms with Gasteiger partial charge in [-0.05, 0) is 24.1 Å². The van der Waals surface area contributed by atoms with E-state index >= 15 is 0 Å². The minimum atomic E-state index is 0.597. The Kier molecular flexibility index (Phi) is 2.92. The number of hydrogen-bond acceptors (Lipinski definition) is 1. The monoisotopic (exact) mass is 201 g/mol. The Bertz CT molecular complexity index is 351. The largest absolute Gasteiger partial charge is 0.295 e. The highest BCUT2D eigenvalue weighted by Gasteiger charge is 2.24. The van der Waals surface area contributed by atoms with Gasteiger partial charge in [0.15, 0.2) is 0 Å². The third-order valence-corrected chi connectivity index (χ3v) is 3.13. The molecule has 0 aliphatic carbocycles. The lowest BCUT2D eigenvalue weighted by Gasteiger charge is -2.22. The zero-order chi connectivity index (χ0) is 10.8. The second-order valence-corrected chi connectivity index (χ2v) is 4.71. The molecule has 1 aliphatic rings. The fourth-order valence-electron chi connectivity index (χ4n) is 2.30. The van der Waals surface area contributed by atoms with Crippen molar-refractivity contribution in [1.82, 2.24) is 4.90 Å². The number of rotatable bonds is 2. The maximum Gasteiger partial charge on any atom is 0.0308 e. The third-order valence-electron chi connectivity index (χ3n) is 3.13. The van der Waals surface area contributed by atoms with Crippen LogP contribution in [0, 0.1) is 5.92 Å². The van der Waals surface area contributed by atoms with Gasteiger partial charge in [-0.25, -0.2) is 0 Å². The summed E-state index contributed by atoms with van der Waals surface area (Å²) in [6.07, 6.45) is 2.42. The van der Waals surface area contributed by atoms with Gasteiger partial charge in [0.1, 0.15) is 0 Å². The van der Waals surface area contributed by atoms with Crippen molar-refractivity contribution < 1.29 is 0 Å². The van der Waals surface area contributed by atoms with E-state index in [0.717, 1.165) is 6.54 Å². The first kappa shape index (κ1) is 10.4. The van der Waals surface area contributed by atoms with E-state index in [1.165, 1.54) is 11.1 Å². The first-order chi connectivity index (χ1) is 7.18. The van der Waals surface area contributed by atoms with Crippen molar-refractivity contribution in [2.75, 3.05) is 13.6 Å². The van der Waals surface area contributed by atoms with E-state index in [1.54, 1.807) is 0 Å². The molecular formula is C14H19N. The van der Waals surface area contributed by atoms with Gasteiger partial charge in [0, 0.05) is 12.6 Å². The third kappa shape index (κ3) is 2.13. The molecule has 0 spiro atoms. The van der Waals surface area contributed by atoms with Crippen LogP contribution in [-0.4, -0.2) is 24.5 Å². The van der Waals surface area contributed by atoms with Gasteiger partial charge in [-0.3, -0.25) is 4.90 Å². The van der Waals surface area contributed by atoms with E-state index in [9.17, 15) is 0 Å². The van der Waals surface area contributed by atoms with Gasteiger partial charge in [-0.2, -0.15) is 0 Å². The van der Waals surface area contributed by atoms with E-state index in [4.69, 9.17) is 0 Å². The molecule has 0 saturated heterocycles. The Morgan fingerprint density at radius 3 is 2.40 bits per heavy atom. The van der Waals surface area contributed by atoms with Crippen molar-refractivity contribution in [1.29, 1.82) is 0 Å². The van der Waals surface area contributed by atoms with Crippen LogP contribution in [0.5, 0.6) is 0 Å². The SMILES string of the molecule is CC(C)C1C=C(c2ccccc2)CN1C. The van der Waals surface area contributed by atoms with Crippen molar-refractivity contribution in [3.63, 3.8) is 0 Å². The van der Waals surface area contributed by atoms with E-state index in [2.05, 4.69) is 62.2 Å². The number of benzene rings is 1. The fraction of sp³-hybridized carbons (Fsp3) is 0.429. The lowest BCUT2D eigenvalue weighted by Crippen LogP contribution is -2.30. The maximum atomic E-state index is 2.42. The predicted octanol–water partition coefficient (Wildman–Crippen LogP) is 3.04. The van der Waals surface area contributed by atoms with Crippen molar-refractivity contribution in [2.45, 2.75) is 19.9 Å². The first-order valence-corrected chi connectivity index (χ1v) is 5.65. The standard InChI is InChI=1S/C14H19N/c1-11(2)14-9-13(10-15(14)3)12-7-5-4-6-8-12/h4-9,11,14H,10H2,1-3H3. The molecule has 15 heavy (non-hydrogen) atoms. The van der Waals surface area contributed by atoms with Crippen LogP contribution in [-0.2, 0) is 0 Å². The molecule has 1 heteroatoms.